The number of hydrogen-bond acceptors (Lipinski definition) is 3. The maximum absolute atomic E-state index is 13.2. The molecular weight excluding hydrogens is 531 g/mol. The van der Waals surface area contributed by atoms with E-state index in [1.807, 2.05) is 44.3 Å². The fourth-order valence-corrected chi connectivity index (χ4v) is 4.38. The van der Waals surface area contributed by atoms with Crippen molar-refractivity contribution >= 4 is 52.6 Å². The van der Waals surface area contributed by atoms with Crippen LogP contribution in [0, 0.1) is 5.92 Å². The van der Waals surface area contributed by atoms with Gasteiger partial charge in [0.05, 0.1) is 16.3 Å². The van der Waals surface area contributed by atoms with Gasteiger partial charge in [0.15, 0.2) is 0 Å². The number of halogens is 3. The molecule has 0 fully saturated rings. The van der Waals surface area contributed by atoms with Crippen molar-refractivity contribution in [2.24, 2.45) is 5.92 Å². The maximum Gasteiger partial charge on any atom is 0.255 e. The Hall–Kier alpha value is -3.32. The molecule has 190 valence electrons. The Morgan fingerprint density at radius 2 is 1.68 bits per heavy atom. The van der Waals surface area contributed by atoms with Crippen molar-refractivity contribution in [3.8, 4) is 16.9 Å². The number of nitrogens with zero attached hydrogens (tertiary/aromatic N) is 3. The second kappa shape index (κ2) is 11.8. The minimum Gasteiger partial charge on any atom is -0.329 e. The van der Waals surface area contributed by atoms with Gasteiger partial charge in [-0.1, -0.05) is 79.0 Å². The fourth-order valence-electron chi connectivity index (χ4n) is 3.85. The lowest BCUT2D eigenvalue weighted by Crippen LogP contribution is -2.40. The van der Waals surface area contributed by atoms with Crippen molar-refractivity contribution < 1.29 is 9.59 Å². The molecule has 0 aliphatic heterocycles. The first kappa shape index (κ1) is 26.7. The fraction of sp³-hybridized carbons (Fsp3) is 0.179. The minimum absolute atomic E-state index is 0.143. The SMILES string of the molecule is CC(C)CN(CC(=O)Nc1nc(-c2ccc(Cl)cc2)cn1-c1cccc(Cl)c1)C(=O)c1ccccc1Cl. The molecule has 0 bridgehead atoms. The number of aromatic nitrogens is 2. The number of anilines is 1. The molecule has 1 heterocycles. The summed E-state index contributed by atoms with van der Waals surface area (Å²) in [5.74, 6) is -0.261. The molecule has 0 spiro atoms. The molecule has 0 radical (unpaired) electrons. The van der Waals surface area contributed by atoms with Gasteiger partial charge < -0.3 is 4.90 Å². The normalized spacial score (nSPS) is 11.0. The molecule has 0 atom stereocenters. The molecule has 2 amide bonds. The number of benzene rings is 3. The quantitative estimate of drug-likeness (QED) is 0.249. The number of carbonyl (C=O) groups is 2. The molecule has 37 heavy (non-hydrogen) atoms. The van der Waals surface area contributed by atoms with Crippen LogP contribution >= 0.6 is 34.8 Å². The first-order chi connectivity index (χ1) is 17.7. The van der Waals surface area contributed by atoms with E-state index in [9.17, 15) is 9.59 Å². The number of imidazole rings is 1. The van der Waals surface area contributed by atoms with Crippen LogP contribution in [0.3, 0.4) is 0 Å². The summed E-state index contributed by atoms with van der Waals surface area (Å²) in [7, 11) is 0. The molecule has 0 aliphatic rings. The third-order valence-corrected chi connectivity index (χ3v) is 6.31. The molecule has 3 aromatic carbocycles. The maximum atomic E-state index is 13.2. The second-order valence-electron chi connectivity index (χ2n) is 8.91. The molecule has 6 nitrogen and oxygen atoms in total. The highest BCUT2D eigenvalue weighted by Gasteiger charge is 2.23. The Balaban J connectivity index is 1.63. The summed E-state index contributed by atoms with van der Waals surface area (Å²) in [4.78, 5) is 32.6. The van der Waals surface area contributed by atoms with E-state index in [-0.39, 0.29) is 18.4 Å². The van der Waals surface area contributed by atoms with Crippen LogP contribution in [0.4, 0.5) is 5.95 Å². The van der Waals surface area contributed by atoms with Gasteiger partial charge in [0, 0.05) is 34.0 Å². The van der Waals surface area contributed by atoms with Crippen LogP contribution in [0.5, 0.6) is 0 Å². The van der Waals surface area contributed by atoms with E-state index in [1.165, 1.54) is 4.90 Å². The van der Waals surface area contributed by atoms with E-state index in [0.29, 0.717) is 38.8 Å². The van der Waals surface area contributed by atoms with Gasteiger partial charge in [-0.05, 0) is 48.4 Å². The van der Waals surface area contributed by atoms with Gasteiger partial charge in [-0.2, -0.15) is 0 Å². The summed E-state index contributed by atoms with van der Waals surface area (Å²) >= 11 is 18.5. The van der Waals surface area contributed by atoms with E-state index in [2.05, 4.69) is 10.3 Å². The van der Waals surface area contributed by atoms with Crippen molar-refractivity contribution in [3.05, 3.63) is 99.6 Å². The van der Waals surface area contributed by atoms with Gasteiger partial charge in [-0.15, -0.1) is 0 Å². The Labute approximate surface area is 230 Å². The topological polar surface area (TPSA) is 67.2 Å². The zero-order valence-electron chi connectivity index (χ0n) is 20.3. The molecule has 4 aromatic rings. The van der Waals surface area contributed by atoms with Crippen LogP contribution < -0.4 is 5.32 Å². The molecule has 4 rings (SSSR count). The average Bonchev–Trinajstić information content (AvgIpc) is 3.27. The van der Waals surface area contributed by atoms with Gasteiger partial charge in [-0.25, -0.2) is 4.98 Å². The van der Waals surface area contributed by atoms with Crippen LogP contribution in [0.15, 0.2) is 79.0 Å². The highest BCUT2D eigenvalue weighted by molar-refractivity contribution is 6.34. The minimum atomic E-state index is -0.391. The van der Waals surface area contributed by atoms with E-state index in [4.69, 9.17) is 34.8 Å². The molecule has 1 N–H and O–H groups in total. The average molecular weight is 556 g/mol. The molecular formula is C28H25Cl3N4O2. The number of nitrogens with one attached hydrogen (secondary N) is 1. The third kappa shape index (κ3) is 6.72. The van der Waals surface area contributed by atoms with Crippen LogP contribution in [-0.4, -0.2) is 39.4 Å². The summed E-state index contributed by atoms with van der Waals surface area (Å²) < 4.78 is 1.75. The van der Waals surface area contributed by atoms with E-state index in [1.54, 1.807) is 53.1 Å². The van der Waals surface area contributed by atoms with Crippen LogP contribution in [0.1, 0.15) is 24.2 Å². The molecule has 1 aromatic heterocycles. The first-order valence-electron chi connectivity index (χ1n) is 11.7. The predicted octanol–water partition coefficient (Wildman–Crippen LogP) is 7.24. The van der Waals surface area contributed by atoms with E-state index < -0.39 is 5.91 Å². The van der Waals surface area contributed by atoms with Crippen molar-refractivity contribution in [2.45, 2.75) is 13.8 Å². The molecule has 0 aliphatic carbocycles. The molecule has 0 saturated carbocycles. The van der Waals surface area contributed by atoms with Crippen molar-refractivity contribution in [3.63, 3.8) is 0 Å². The number of amides is 2. The summed E-state index contributed by atoms with van der Waals surface area (Å²) in [5, 5.41) is 4.37. The Bertz CT molecular complexity index is 1420. The number of carbonyl (C=O) groups excluding carboxylic acids is 2. The summed E-state index contributed by atoms with van der Waals surface area (Å²) in [5.41, 5.74) is 2.54. The third-order valence-electron chi connectivity index (χ3n) is 5.49. The van der Waals surface area contributed by atoms with Crippen molar-refractivity contribution in [2.75, 3.05) is 18.4 Å². The smallest absolute Gasteiger partial charge is 0.255 e. The van der Waals surface area contributed by atoms with Gasteiger partial charge >= 0.3 is 0 Å². The van der Waals surface area contributed by atoms with Gasteiger partial charge in [0.1, 0.15) is 6.54 Å². The van der Waals surface area contributed by atoms with E-state index in [0.717, 1.165) is 11.3 Å². The van der Waals surface area contributed by atoms with E-state index >= 15 is 0 Å². The van der Waals surface area contributed by atoms with Crippen molar-refractivity contribution in [1.29, 1.82) is 0 Å². The van der Waals surface area contributed by atoms with Gasteiger partial charge in [-0.3, -0.25) is 19.5 Å². The van der Waals surface area contributed by atoms with Crippen LogP contribution in [-0.2, 0) is 4.79 Å². The molecule has 0 saturated heterocycles. The van der Waals surface area contributed by atoms with Crippen molar-refractivity contribution in [1.82, 2.24) is 14.5 Å². The summed E-state index contributed by atoms with van der Waals surface area (Å²) in [6.07, 6.45) is 1.81. The summed E-state index contributed by atoms with van der Waals surface area (Å²) in [6, 6.07) is 21.3. The zero-order valence-corrected chi connectivity index (χ0v) is 22.6. The van der Waals surface area contributed by atoms with Gasteiger partial charge in [0.2, 0.25) is 11.9 Å². The summed E-state index contributed by atoms with van der Waals surface area (Å²) in [6.45, 7) is 4.18. The Morgan fingerprint density at radius 3 is 2.35 bits per heavy atom. The lowest BCUT2D eigenvalue weighted by atomic mass is 10.1. The monoisotopic (exact) mass is 554 g/mol. The van der Waals surface area contributed by atoms with Crippen LogP contribution in [0.25, 0.3) is 16.9 Å². The Kier molecular flexibility index (Phi) is 8.54. The zero-order chi connectivity index (χ0) is 26.5. The first-order valence-corrected chi connectivity index (χ1v) is 12.8. The standard InChI is InChI=1S/C28H25Cl3N4O2/c1-18(2)15-34(27(37)23-8-3-4-9-24(23)31)17-26(36)33-28-32-25(19-10-12-20(29)13-11-19)16-35(28)22-7-5-6-21(30)14-22/h3-14,16,18H,15,17H2,1-2H3,(H,32,33,36). The van der Waals surface area contributed by atoms with Gasteiger partial charge in [0.25, 0.3) is 5.91 Å². The second-order valence-corrected chi connectivity index (χ2v) is 10.2. The largest absolute Gasteiger partial charge is 0.329 e. The predicted molar refractivity (Wildman–Crippen MR) is 150 cm³/mol. The molecule has 9 heteroatoms. The lowest BCUT2D eigenvalue weighted by molar-refractivity contribution is -0.117. The molecule has 0 unspecified atom stereocenters. The highest BCUT2D eigenvalue weighted by Crippen LogP contribution is 2.27. The Morgan fingerprint density at radius 1 is 0.946 bits per heavy atom. The number of hydrogen-bond donors (Lipinski definition) is 1. The van der Waals surface area contributed by atoms with Crippen LogP contribution in [0.2, 0.25) is 15.1 Å². The number of rotatable bonds is 8. The highest BCUT2D eigenvalue weighted by atomic mass is 35.5. The lowest BCUT2D eigenvalue weighted by Gasteiger charge is -2.24.